The molecule has 1 aromatic carbocycles. The van der Waals surface area contributed by atoms with Crippen LogP contribution in [0.2, 0.25) is 10.0 Å². The summed E-state index contributed by atoms with van der Waals surface area (Å²) in [5, 5.41) is 18.8. The first kappa shape index (κ1) is 12.4. The fourth-order valence-corrected chi connectivity index (χ4v) is 1.62. The van der Waals surface area contributed by atoms with E-state index >= 15 is 0 Å². The van der Waals surface area contributed by atoms with Gasteiger partial charge < -0.3 is 0 Å². The summed E-state index contributed by atoms with van der Waals surface area (Å²) in [6.07, 6.45) is -0.390. The zero-order valence-electron chi connectivity index (χ0n) is 7.74. The maximum absolute atomic E-state index is 11.4. The van der Waals surface area contributed by atoms with Crippen molar-refractivity contribution < 1.29 is 9.72 Å². The summed E-state index contributed by atoms with van der Waals surface area (Å²) in [6.45, 7) is 0. The fraction of sp³-hybridized carbons (Fsp3) is 0.111. The monoisotopic (exact) mass is 258 g/mol. The molecule has 0 radical (unpaired) electrons. The lowest BCUT2D eigenvalue weighted by Gasteiger charge is -2.02. The molecule has 5 nitrogen and oxygen atoms in total. The normalized spacial score (nSPS) is 9.56. The molecule has 16 heavy (non-hydrogen) atoms. The Hall–Kier alpha value is -1.64. The van der Waals surface area contributed by atoms with Crippen LogP contribution < -0.4 is 0 Å². The lowest BCUT2D eigenvalue weighted by atomic mass is 10.1. The summed E-state index contributed by atoms with van der Waals surface area (Å²) in [4.78, 5) is 21.2. The first-order chi connectivity index (χ1) is 7.47. The standard InChI is InChI=1S/C9H4Cl2N2O3/c10-6-4-7(11)8(13(15)16)3-5(6)9(14)1-2-12/h3-4H,1H2. The molecule has 0 aliphatic carbocycles. The number of nitro groups is 1. The van der Waals surface area contributed by atoms with Gasteiger partial charge in [-0.15, -0.1) is 0 Å². The van der Waals surface area contributed by atoms with Crippen LogP contribution in [-0.4, -0.2) is 10.7 Å². The number of carbonyl (C=O) groups is 1. The Labute approximate surface area is 100 Å². The number of hydrogen-bond acceptors (Lipinski definition) is 4. The first-order valence-electron chi connectivity index (χ1n) is 4.01. The third-order valence-corrected chi connectivity index (χ3v) is 2.39. The molecular weight excluding hydrogens is 255 g/mol. The minimum atomic E-state index is -0.720. The molecule has 7 heteroatoms. The molecule has 0 aromatic heterocycles. The molecule has 0 aliphatic heterocycles. The van der Waals surface area contributed by atoms with E-state index in [0.29, 0.717) is 0 Å². The van der Waals surface area contributed by atoms with Crippen molar-refractivity contribution in [1.29, 1.82) is 5.26 Å². The van der Waals surface area contributed by atoms with Gasteiger partial charge >= 0.3 is 0 Å². The van der Waals surface area contributed by atoms with Crippen LogP contribution in [-0.2, 0) is 0 Å². The predicted octanol–water partition coefficient (Wildman–Crippen LogP) is 3.00. The minimum Gasteiger partial charge on any atom is -0.293 e. The molecule has 82 valence electrons. The Morgan fingerprint density at radius 2 is 2.06 bits per heavy atom. The SMILES string of the molecule is N#CCC(=O)c1cc([N+](=O)[O-])c(Cl)cc1Cl. The highest BCUT2D eigenvalue weighted by molar-refractivity contribution is 6.38. The number of nitriles is 1. The molecule has 0 saturated carbocycles. The quantitative estimate of drug-likeness (QED) is 0.474. The van der Waals surface area contributed by atoms with Gasteiger partial charge in [-0.2, -0.15) is 5.26 Å². The summed E-state index contributed by atoms with van der Waals surface area (Å²) >= 11 is 11.3. The van der Waals surface area contributed by atoms with Crippen LogP contribution in [0, 0.1) is 21.4 Å². The van der Waals surface area contributed by atoms with Crippen LogP contribution in [0.25, 0.3) is 0 Å². The molecule has 0 spiro atoms. The molecule has 0 bridgehead atoms. The molecule has 0 aliphatic rings. The van der Waals surface area contributed by atoms with Crippen molar-refractivity contribution >= 4 is 34.7 Å². The van der Waals surface area contributed by atoms with Gasteiger partial charge in [0.25, 0.3) is 5.69 Å². The van der Waals surface area contributed by atoms with E-state index in [0.717, 1.165) is 12.1 Å². The van der Waals surface area contributed by atoms with E-state index in [1.807, 2.05) is 0 Å². The highest BCUT2D eigenvalue weighted by Gasteiger charge is 2.19. The van der Waals surface area contributed by atoms with E-state index in [1.54, 1.807) is 6.07 Å². The van der Waals surface area contributed by atoms with Gasteiger partial charge in [0.15, 0.2) is 5.78 Å². The van der Waals surface area contributed by atoms with Crippen molar-refractivity contribution in [2.45, 2.75) is 6.42 Å². The second-order valence-corrected chi connectivity index (χ2v) is 3.61. The van der Waals surface area contributed by atoms with Gasteiger partial charge in [0.2, 0.25) is 0 Å². The number of nitrogens with zero attached hydrogens (tertiary/aromatic N) is 2. The van der Waals surface area contributed by atoms with Crippen molar-refractivity contribution in [3.8, 4) is 6.07 Å². The highest BCUT2D eigenvalue weighted by Crippen LogP contribution is 2.31. The maximum Gasteiger partial charge on any atom is 0.288 e. The summed E-state index contributed by atoms with van der Waals surface area (Å²) in [5.74, 6) is -0.577. The minimum absolute atomic E-state index is 0.00384. The van der Waals surface area contributed by atoms with Crippen molar-refractivity contribution in [3.05, 3.63) is 37.9 Å². The number of nitro benzene ring substituents is 1. The Balaban J connectivity index is 3.31. The van der Waals surface area contributed by atoms with Crippen LogP contribution in [0.4, 0.5) is 5.69 Å². The molecular formula is C9H4Cl2N2O3. The van der Waals surface area contributed by atoms with E-state index < -0.39 is 22.8 Å². The summed E-state index contributed by atoms with van der Waals surface area (Å²) in [5.41, 5.74) is -0.480. The number of ketones is 1. The lowest BCUT2D eigenvalue weighted by molar-refractivity contribution is -0.384. The second kappa shape index (κ2) is 4.92. The number of hydrogen-bond donors (Lipinski definition) is 0. The van der Waals surface area contributed by atoms with Crippen LogP contribution in [0.1, 0.15) is 16.8 Å². The van der Waals surface area contributed by atoms with Crippen molar-refractivity contribution in [2.24, 2.45) is 0 Å². The average molecular weight is 259 g/mol. The summed E-state index contributed by atoms with van der Waals surface area (Å²) < 4.78 is 0. The Bertz CT molecular complexity index is 508. The van der Waals surface area contributed by atoms with Gasteiger partial charge in [0, 0.05) is 11.6 Å². The van der Waals surface area contributed by atoms with E-state index in [-0.39, 0.29) is 15.6 Å². The van der Waals surface area contributed by atoms with Gasteiger partial charge in [-0.3, -0.25) is 14.9 Å². The number of Topliss-reactive ketones (excluding diaryl/α,β-unsaturated/α-hetero) is 1. The van der Waals surface area contributed by atoms with Gasteiger partial charge in [0.1, 0.15) is 5.02 Å². The molecule has 1 rings (SSSR count). The fourth-order valence-electron chi connectivity index (χ4n) is 1.06. The molecule has 0 fully saturated rings. The number of rotatable bonds is 3. The molecule has 0 atom stereocenters. The lowest BCUT2D eigenvalue weighted by Crippen LogP contribution is -2.00. The van der Waals surface area contributed by atoms with Crippen molar-refractivity contribution in [3.63, 3.8) is 0 Å². The molecule has 0 heterocycles. The van der Waals surface area contributed by atoms with Gasteiger partial charge in [-0.25, -0.2) is 0 Å². The van der Waals surface area contributed by atoms with Gasteiger partial charge in [-0.05, 0) is 6.07 Å². The zero-order chi connectivity index (χ0) is 12.3. The molecule has 0 N–H and O–H groups in total. The Kier molecular flexibility index (Phi) is 3.82. The van der Waals surface area contributed by atoms with Crippen LogP contribution in [0.3, 0.4) is 0 Å². The van der Waals surface area contributed by atoms with E-state index in [4.69, 9.17) is 28.5 Å². The third-order valence-electron chi connectivity index (χ3n) is 1.77. The number of halogens is 2. The molecule has 0 amide bonds. The Morgan fingerprint density at radius 1 is 1.44 bits per heavy atom. The first-order valence-corrected chi connectivity index (χ1v) is 4.76. The predicted molar refractivity (Wildman–Crippen MR) is 57.7 cm³/mol. The number of carbonyl (C=O) groups excluding carboxylic acids is 1. The number of benzene rings is 1. The summed E-state index contributed by atoms with van der Waals surface area (Å²) in [6, 6.07) is 3.74. The van der Waals surface area contributed by atoms with Crippen LogP contribution in [0.15, 0.2) is 12.1 Å². The van der Waals surface area contributed by atoms with E-state index in [1.165, 1.54) is 0 Å². The summed E-state index contributed by atoms with van der Waals surface area (Å²) in [7, 11) is 0. The van der Waals surface area contributed by atoms with Crippen LogP contribution in [0.5, 0.6) is 0 Å². The van der Waals surface area contributed by atoms with Gasteiger partial charge in [-0.1, -0.05) is 23.2 Å². The van der Waals surface area contributed by atoms with Crippen molar-refractivity contribution in [1.82, 2.24) is 0 Å². The second-order valence-electron chi connectivity index (χ2n) is 2.80. The maximum atomic E-state index is 11.4. The van der Waals surface area contributed by atoms with E-state index in [9.17, 15) is 14.9 Å². The Morgan fingerprint density at radius 3 is 2.56 bits per heavy atom. The molecule has 0 unspecified atom stereocenters. The van der Waals surface area contributed by atoms with E-state index in [2.05, 4.69) is 0 Å². The zero-order valence-corrected chi connectivity index (χ0v) is 9.25. The smallest absolute Gasteiger partial charge is 0.288 e. The van der Waals surface area contributed by atoms with Crippen molar-refractivity contribution in [2.75, 3.05) is 0 Å². The van der Waals surface area contributed by atoms with Gasteiger partial charge in [0.05, 0.1) is 22.4 Å². The molecule has 0 saturated heterocycles. The topological polar surface area (TPSA) is 84.0 Å². The van der Waals surface area contributed by atoms with Crippen LogP contribution >= 0.6 is 23.2 Å². The average Bonchev–Trinajstić information content (AvgIpc) is 2.17. The third kappa shape index (κ3) is 2.48. The highest BCUT2D eigenvalue weighted by atomic mass is 35.5. The largest absolute Gasteiger partial charge is 0.293 e. The molecule has 1 aromatic rings.